The van der Waals surface area contributed by atoms with E-state index < -0.39 is 10.8 Å². The molecule has 2 aromatic carbocycles. The van der Waals surface area contributed by atoms with E-state index in [1.807, 2.05) is 36.7 Å². The van der Waals surface area contributed by atoms with E-state index >= 15 is 0 Å². The van der Waals surface area contributed by atoms with Crippen molar-refractivity contribution in [2.45, 2.75) is 27.3 Å². The number of hydrogen-bond donors (Lipinski definition) is 1. The Morgan fingerprint density at radius 2 is 1.96 bits per heavy atom. The monoisotopic (exact) mass is 398 g/mol. The molecule has 3 aromatic rings. The Bertz CT molecular complexity index is 1080. The number of rotatable bonds is 5. The second-order valence-corrected chi connectivity index (χ2v) is 6.98. The van der Waals surface area contributed by atoms with Gasteiger partial charge in [-0.1, -0.05) is 41.4 Å². The fourth-order valence-electron chi connectivity index (χ4n) is 2.99. The molecule has 1 N–H and O–H groups in total. The van der Waals surface area contributed by atoms with Crippen LogP contribution in [-0.4, -0.2) is 20.6 Å². The van der Waals surface area contributed by atoms with Crippen molar-refractivity contribution in [3.05, 3.63) is 85.7 Å². The average Bonchev–Trinajstić information content (AvgIpc) is 2.89. The predicted molar refractivity (Wildman–Crippen MR) is 108 cm³/mol. The zero-order chi connectivity index (χ0) is 20.4. The van der Waals surface area contributed by atoms with Gasteiger partial charge in [0, 0.05) is 11.6 Å². The van der Waals surface area contributed by atoms with Crippen LogP contribution in [0.5, 0.6) is 0 Å². The molecule has 7 nitrogen and oxygen atoms in total. The van der Waals surface area contributed by atoms with Crippen molar-refractivity contribution in [1.82, 2.24) is 9.78 Å². The molecule has 0 atom stereocenters. The molecule has 0 unspecified atom stereocenters. The summed E-state index contributed by atoms with van der Waals surface area (Å²) in [6, 6.07) is 12.1. The van der Waals surface area contributed by atoms with E-state index in [2.05, 4.69) is 16.5 Å². The minimum Gasteiger partial charge on any atom is -0.319 e. The second-order valence-electron chi connectivity index (χ2n) is 6.57. The number of halogens is 1. The van der Waals surface area contributed by atoms with Gasteiger partial charge in [0.05, 0.1) is 28.5 Å². The third-order valence-corrected chi connectivity index (χ3v) is 4.76. The van der Waals surface area contributed by atoms with E-state index in [4.69, 9.17) is 11.6 Å². The zero-order valence-electron chi connectivity index (χ0n) is 15.7. The standard InChI is InChI=1S/C20H19ClN4O3/c1-12-5-4-6-15(9-12)11-24-14(3)19(13(2)23-24)22-20(26)16-7-8-17(21)18(10-16)25(27)28/h4-10H,11H2,1-3H3,(H,22,26). The van der Waals surface area contributed by atoms with E-state index in [-0.39, 0.29) is 16.3 Å². The van der Waals surface area contributed by atoms with Crippen molar-refractivity contribution in [2.24, 2.45) is 0 Å². The number of nitro benzene ring substituents is 1. The van der Waals surface area contributed by atoms with Crippen LogP contribution in [0.1, 0.15) is 32.9 Å². The quantitative estimate of drug-likeness (QED) is 0.499. The minimum atomic E-state index is -0.616. The lowest BCUT2D eigenvalue weighted by Gasteiger charge is -2.08. The number of benzene rings is 2. The molecule has 0 aliphatic rings. The summed E-state index contributed by atoms with van der Waals surface area (Å²) in [6.07, 6.45) is 0. The average molecular weight is 399 g/mol. The summed E-state index contributed by atoms with van der Waals surface area (Å²) in [6.45, 7) is 6.29. The maximum atomic E-state index is 12.6. The van der Waals surface area contributed by atoms with Crippen LogP contribution in [0.2, 0.25) is 5.02 Å². The van der Waals surface area contributed by atoms with Crippen LogP contribution in [-0.2, 0) is 6.54 Å². The largest absolute Gasteiger partial charge is 0.319 e. The molecule has 0 radical (unpaired) electrons. The Kier molecular flexibility index (Phi) is 5.46. The smallest absolute Gasteiger partial charge is 0.288 e. The number of nitro groups is 1. The maximum absolute atomic E-state index is 12.6. The molecule has 1 heterocycles. The van der Waals surface area contributed by atoms with E-state index in [0.29, 0.717) is 17.9 Å². The highest BCUT2D eigenvalue weighted by Gasteiger charge is 2.19. The Labute approximate surface area is 167 Å². The predicted octanol–water partition coefficient (Wildman–Crippen LogP) is 4.67. The van der Waals surface area contributed by atoms with Crippen LogP contribution in [0.3, 0.4) is 0 Å². The molecule has 8 heteroatoms. The Morgan fingerprint density at radius 1 is 1.21 bits per heavy atom. The molecule has 0 fully saturated rings. The van der Waals surface area contributed by atoms with Crippen LogP contribution < -0.4 is 5.32 Å². The van der Waals surface area contributed by atoms with Crippen LogP contribution in [0.25, 0.3) is 0 Å². The molecule has 0 saturated heterocycles. The highest BCUT2D eigenvalue weighted by molar-refractivity contribution is 6.32. The summed E-state index contributed by atoms with van der Waals surface area (Å²) in [4.78, 5) is 23.0. The zero-order valence-corrected chi connectivity index (χ0v) is 16.4. The SMILES string of the molecule is Cc1cccc(Cn2nc(C)c(NC(=O)c3ccc(Cl)c([N+](=O)[O-])c3)c2C)c1. The third-order valence-electron chi connectivity index (χ3n) is 4.44. The first-order valence-corrected chi connectivity index (χ1v) is 8.99. The molecule has 144 valence electrons. The Hall–Kier alpha value is -3.19. The molecular weight excluding hydrogens is 380 g/mol. The van der Waals surface area contributed by atoms with E-state index in [9.17, 15) is 14.9 Å². The number of carbonyl (C=O) groups excluding carboxylic acids is 1. The first-order valence-electron chi connectivity index (χ1n) is 8.61. The van der Waals surface area contributed by atoms with Gasteiger partial charge in [0.15, 0.2) is 0 Å². The van der Waals surface area contributed by atoms with E-state index in [1.165, 1.54) is 18.2 Å². The van der Waals surface area contributed by atoms with Crippen LogP contribution in [0.15, 0.2) is 42.5 Å². The number of nitrogens with one attached hydrogen (secondary N) is 1. The summed E-state index contributed by atoms with van der Waals surface area (Å²) in [5, 5.41) is 18.4. The second kappa shape index (κ2) is 7.82. The number of aromatic nitrogens is 2. The number of nitrogens with zero attached hydrogens (tertiary/aromatic N) is 3. The number of anilines is 1. The summed E-state index contributed by atoms with van der Waals surface area (Å²) >= 11 is 5.81. The first-order chi connectivity index (χ1) is 13.3. The van der Waals surface area contributed by atoms with Gasteiger partial charge < -0.3 is 5.32 Å². The summed E-state index contributed by atoms with van der Waals surface area (Å²) < 4.78 is 1.82. The lowest BCUT2D eigenvalue weighted by atomic mass is 10.1. The van der Waals surface area contributed by atoms with Gasteiger partial charge >= 0.3 is 0 Å². The normalized spacial score (nSPS) is 10.7. The van der Waals surface area contributed by atoms with Crippen molar-refractivity contribution in [3.63, 3.8) is 0 Å². The van der Waals surface area contributed by atoms with Gasteiger partial charge in [0.2, 0.25) is 0 Å². The molecule has 0 saturated carbocycles. The van der Waals surface area contributed by atoms with Gasteiger partial charge in [-0.25, -0.2) is 0 Å². The molecule has 3 rings (SSSR count). The van der Waals surface area contributed by atoms with Crippen molar-refractivity contribution in [1.29, 1.82) is 0 Å². The molecule has 0 bridgehead atoms. The van der Waals surface area contributed by atoms with Gasteiger partial charge in [-0.05, 0) is 38.5 Å². The fraction of sp³-hybridized carbons (Fsp3) is 0.200. The topological polar surface area (TPSA) is 90.1 Å². The number of aryl methyl sites for hydroxylation is 2. The van der Waals surface area contributed by atoms with Gasteiger partial charge in [-0.15, -0.1) is 0 Å². The maximum Gasteiger partial charge on any atom is 0.288 e. The van der Waals surface area contributed by atoms with Gasteiger partial charge in [-0.2, -0.15) is 5.10 Å². The van der Waals surface area contributed by atoms with Crippen molar-refractivity contribution >= 4 is 28.9 Å². The van der Waals surface area contributed by atoms with E-state index in [0.717, 1.165) is 16.8 Å². The molecular formula is C20H19ClN4O3. The summed E-state index contributed by atoms with van der Waals surface area (Å²) in [5.41, 5.74) is 4.18. The first kappa shape index (κ1) is 19.6. The highest BCUT2D eigenvalue weighted by atomic mass is 35.5. The van der Waals surface area contributed by atoms with Crippen molar-refractivity contribution < 1.29 is 9.72 Å². The molecule has 0 aliphatic carbocycles. The Morgan fingerprint density at radius 3 is 2.64 bits per heavy atom. The summed E-state index contributed by atoms with van der Waals surface area (Å²) in [7, 11) is 0. The van der Waals surface area contributed by atoms with E-state index in [1.54, 1.807) is 6.92 Å². The number of amides is 1. The molecule has 1 aromatic heterocycles. The van der Waals surface area contributed by atoms with Crippen LogP contribution in [0, 0.1) is 30.9 Å². The lowest BCUT2D eigenvalue weighted by molar-refractivity contribution is -0.384. The molecule has 0 spiro atoms. The van der Waals surface area contributed by atoms with Crippen LogP contribution >= 0.6 is 11.6 Å². The van der Waals surface area contributed by atoms with Crippen molar-refractivity contribution in [3.8, 4) is 0 Å². The van der Waals surface area contributed by atoms with Gasteiger partial charge in [0.25, 0.3) is 11.6 Å². The van der Waals surface area contributed by atoms with Crippen molar-refractivity contribution in [2.75, 3.05) is 5.32 Å². The molecule has 0 aliphatic heterocycles. The lowest BCUT2D eigenvalue weighted by Crippen LogP contribution is -2.13. The van der Waals surface area contributed by atoms with Gasteiger partial charge in [-0.3, -0.25) is 19.6 Å². The van der Waals surface area contributed by atoms with Gasteiger partial charge in [0.1, 0.15) is 5.02 Å². The fourth-order valence-corrected chi connectivity index (χ4v) is 3.18. The third kappa shape index (κ3) is 4.04. The number of carbonyl (C=O) groups is 1. The van der Waals surface area contributed by atoms with Crippen LogP contribution in [0.4, 0.5) is 11.4 Å². The molecule has 28 heavy (non-hydrogen) atoms. The highest BCUT2D eigenvalue weighted by Crippen LogP contribution is 2.26. The minimum absolute atomic E-state index is 0.0140. The number of hydrogen-bond acceptors (Lipinski definition) is 4. The molecule has 1 amide bonds. The summed E-state index contributed by atoms with van der Waals surface area (Å²) in [5.74, 6) is -0.457. The Balaban J connectivity index is 1.85.